The van der Waals surface area contributed by atoms with Crippen LogP contribution in [0.25, 0.3) is 0 Å². The molecule has 2 atom stereocenters. The lowest BCUT2D eigenvalue weighted by Crippen LogP contribution is -2.27. The van der Waals surface area contributed by atoms with Crippen molar-refractivity contribution >= 4 is 11.9 Å². The Morgan fingerprint density at radius 1 is 0.893 bits per heavy atom. The van der Waals surface area contributed by atoms with Crippen LogP contribution in [0.4, 0.5) is 0 Å². The van der Waals surface area contributed by atoms with E-state index in [2.05, 4.69) is 0 Å². The largest absolute Gasteiger partial charge is 0.489 e. The number of methoxy groups -OCH3 is 2. The number of esters is 2. The van der Waals surface area contributed by atoms with E-state index in [-0.39, 0.29) is 11.9 Å². The number of hydrogen-bond donors (Lipinski definition) is 0. The van der Waals surface area contributed by atoms with Crippen LogP contribution >= 0.6 is 0 Å². The van der Waals surface area contributed by atoms with E-state index in [9.17, 15) is 9.59 Å². The zero-order chi connectivity index (χ0) is 20.4. The summed E-state index contributed by atoms with van der Waals surface area (Å²) in [5.41, 5.74) is 0.588. The second-order valence-corrected chi connectivity index (χ2v) is 7.74. The van der Waals surface area contributed by atoms with Gasteiger partial charge in [0.1, 0.15) is 12.4 Å². The van der Waals surface area contributed by atoms with E-state index in [0.29, 0.717) is 13.0 Å². The van der Waals surface area contributed by atoms with Gasteiger partial charge in [0.2, 0.25) is 0 Å². The highest BCUT2D eigenvalue weighted by Crippen LogP contribution is 2.71. The minimum Gasteiger partial charge on any atom is -0.489 e. The molecule has 0 saturated heterocycles. The van der Waals surface area contributed by atoms with Gasteiger partial charge >= 0.3 is 11.9 Å². The number of ether oxygens (including phenoxy) is 3. The van der Waals surface area contributed by atoms with Gasteiger partial charge in [0.05, 0.1) is 25.6 Å². The molecule has 148 valence electrons. The Hall–Kier alpha value is -2.82. The fourth-order valence-electron chi connectivity index (χ4n) is 4.20. The molecule has 1 aliphatic rings. The maximum Gasteiger partial charge on any atom is 0.313 e. The molecular weight excluding hydrogens is 356 g/mol. The molecule has 5 heteroatoms. The summed E-state index contributed by atoms with van der Waals surface area (Å²) in [6, 6.07) is 17.6. The van der Waals surface area contributed by atoms with Crippen LogP contribution in [0.5, 0.6) is 5.75 Å². The number of carbonyl (C=O) groups is 2. The Balaban J connectivity index is 1.74. The van der Waals surface area contributed by atoms with Gasteiger partial charge in [-0.25, -0.2) is 0 Å². The highest BCUT2D eigenvalue weighted by molar-refractivity contribution is 5.93. The second kappa shape index (κ2) is 7.66. The summed E-state index contributed by atoms with van der Waals surface area (Å²) in [4.78, 5) is 24.9. The summed E-state index contributed by atoms with van der Waals surface area (Å²) in [7, 11) is 2.70. The van der Waals surface area contributed by atoms with E-state index < -0.39 is 16.7 Å². The molecule has 1 fully saturated rings. The van der Waals surface area contributed by atoms with Crippen LogP contribution in [-0.2, 0) is 32.1 Å². The van der Waals surface area contributed by atoms with Gasteiger partial charge in [-0.3, -0.25) is 9.59 Å². The number of hydrogen-bond acceptors (Lipinski definition) is 5. The van der Waals surface area contributed by atoms with Crippen LogP contribution in [0.1, 0.15) is 25.0 Å². The molecule has 2 aromatic carbocycles. The van der Waals surface area contributed by atoms with Gasteiger partial charge in [-0.15, -0.1) is 0 Å². The summed E-state index contributed by atoms with van der Waals surface area (Å²) in [5.74, 6) is -0.527. The molecule has 0 amide bonds. The predicted octanol–water partition coefficient (Wildman–Crippen LogP) is 3.80. The molecule has 0 aliphatic heterocycles. The molecule has 2 aromatic rings. The molecule has 1 aliphatic carbocycles. The van der Waals surface area contributed by atoms with Crippen LogP contribution < -0.4 is 4.74 Å². The van der Waals surface area contributed by atoms with Crippen molar-refractivity contribution in [2.45, 2.75) is 26.9 Å². The Kier molecular flexibility index (Phi) is 5.45. The predicted molar refractivity (Wildman–Crippen MR) is 105 cm³/mol. The van der Waals surface area contributed by atoms with Gasteiger partial charge < -0.3 is 14.2 Å². The summed E-state index contributed by atoms with van der Waals surface area (Å²) in [6.07, 6.45) is 0.408. The van der Waals surface area contributed by atoms with Crippen LogP contribution in [0.15, 0.2) is 54.6 Å². The van der Waals surface area contributed by atoms with Crippen molar-refractivity contribution in [2.75, 3.05) is 14.2 Å². The standard InChI is InChI=1S/C23H26O5/c1-22(2)19(20(24)26-3)23(22,21(25)27-4)14-16-10-12-18(13-11-16)28-15-17-8-6-5-7-9-17/h5-13,19H,14-15H2,1-4H3/t19-,23+/m1/s1. The lowest BCUT2D eigenvalue weighted by Gasteiger charge is -2.18. The number of benzene rings is 2. The average Bonchev–Trinajstić information content (AvgIpc) is 3.22. The zero-order valence-electron chi connectivity index (χ0n) is 16.7. The Bertz CT molecular complexity index is 841. The van der Waals surface area contributed by atoms with Gasteiger partial charge in [-0.1, -0.05) is 56.3 Å². The van der Waals surface area contributed by atoms with E-state index in [1.54, 1.807) is 0 Å². The van der Waals surface area contributed by atoms with Crippen molar-refractivity contribution in [1.82, 2.24) is 0 Å². The van der Waals surface area contributed by atoms with E-state index in [0.717, 1.165) is 16.9 Å². The number of carbonyl (C=O) groups excluding carboxylic acids is 2. The molecule has 0 radical (unpaired) electrons. The minimum atomic E-state index is -0.915. The molecule has 0 N–H and O–H groups in total. The number of rotatable bonds is 7. The lowest BCUT2D eigenvalue weighted by atomic mass is 9.88. The van der Waals surface area contributed by atoms with Crippen molar-refractivity contribution in [2.24, 2.45) is 16.7 Å². The molecule has 0 spiro atoms. The summed E-state index contributed by atoms with van der Waals surface area (Å²) >= 11 is 0. The zero-order valence-corrected chi connectivity index (χ0v) is 16.7. The van der Waals surface area contributed by atoms with Crippen molar-refractivity contribution in [1.29, 1.82) is 0 Å². The second-order valence-electron chi connectivity index (χ2n) is 7.74. The third-order valence-corrected chi connectivity index (χ3v) is 5.92. The Labute approximate surface area is 165 Å². The van der Waals surface area contributed by atoms with Crippen LogP contribution in [0, 0.1) is 16.7 Å². The van der Waals surface area contributed by atoms with Crippen molar-refractivity contribution in [3.63, 3.8) is 0 Å². The van der Waals surface area contributed by atoms with Crippen LogP contribution in [0.3, 0.4) is 0 Å². The summed E-state index contributed by atoms with van der Waals surface area (Å²) in [6.45, 7) is 4.30. The minimum absolute atomic E-state index is 0.377. The quantitative estimate of drug-likeness (QED) is 0.682. The van der Waals surface area contributed by atoms with Gasteiger partial charge in [-0.2, -0.15) is 0 Å². The Morgan fingerprint density at radius 3 is 2.11 bits per heavy atom. The molecule has 1 saturated carbocycles. The fraction of sp³-hybridized carbons (Fsp3) is 0.391. The van der Waals surface area contributed by atoms with E-state index in [4.69, 9.17) is 14.2 Å². The lowest BCUT2D eigenvalue weighted by molar-refractivity contribution is -0.153. The van der Waals surface area contributed by atoms with Gasteiger partial charge in [0.25, 0.3) is 0 Å². The first-order valence-corrected chi connectivity index (χ1v) is 9.28. The first-order valence-electron chi connectivity index (χ1n) is 9.28. The van der Waals surface area contributed by atoms with Gasteiger partial charge in [-0.05, 0) is 35.1 Å². The fourth-order valence-corrected chi connectivity index (χ4v) is 4.20. The third kappa shape index (κ3) is 3.37. The molecule has 5 nitrogen and oxygen atoms in total. The first kappa shape index (κ1) is 19.9. The maximum absolute atomic E-state index is 12.6. The Morgan fingerprint density at radius 2 is 1.54 bits per heavy atom. The monoisotopic (exact) mass is 382 g/mol. The first-order chi connectivity index (χ1) is 13.4. The van der Waals surface area contributed by atoms with E-state index in [1.807, 2.05) is 68.4 Å². The van der Waals surface area contributed by atoms with Crippen molar-refractivity contribution in [3.8, 4) is 5.75 Å². The summed E-state index contributed by atoms with van der Waals surface area (Å²) in [5, 5.41) is 0. The summed E-state index contributed by atoms with van der Waals surface area (Å²) < 4.78 is 15.8. The topological polar surface area (TPSA) is 61.8 Å². The average molecular weight is 382 g/mol. The molecule has 0 bridgehead atoms. The van der Waals surface area contributed by atoms with Gasteiger partial charge in [0.15, 0.2) is 0 Å². The van der Waals surface area contributed by atoms with Crippen LogP contribution in [0.2, 0.25) is 0 Å². The molecule has 28 heavy (non-hydrogen) atoms. The maximum atomic E-state index is 12.6. The normalized spacial score (nSPS) is 22.2. The molecule has 0 heterocycles. The molecular formula is C23H26O5. The molecule has 3 rings (SSSR count). The third-order valence-electron chi connectivity index (χ3n) is 5.92. The molecule has 0 unspecified atom stereocenters. The van der Waals surface area contributed by atoms with Crippen LogP contribution in [-0.4, -0.2) is 26.2 Å². The molecule has 0 aromatic heterocycles. The smallest absolute Gasteiger partial charge is 0.313 e. The van der Waals surface area contributed by atoms with Gasteiger partial charge in [0, 0.05) is 0 Å². The van der Waals surface area contributed by atoms with Crippen molar-refractivity contribution < 1.29 is 23.8 Å². The SMILES string of the molecule is COC(=O)[C@@H]1C(C)(C)[C@]1(Cc1ccc(OCc2ccccc2)cc1)C(=O)OC. The highest BCUT2D eigenvalue weighted by atomic mass is 16.5. The van der Waals surface area contributed by atoms with E-state index >= 15 is 0 Å². The van der Waals surface area contributed by atoms with E-state index in [1.165, 1.54) is 14.2 Å². The van der Waals surface area contributed by atoms with Crippen molar-refractivity contribution in [3.05, 3.63) is 65.7 Å². The highest BCUT2D eigenvalue weighted by Gasteiger charge is 2.79.